The summed E-state index contributed by atoms with van der Waals surface area (Å²) in [5.41, 5.74) is 5.59. The van der Waals surface area contributed by atoms with E-state index < -0.39 is 11.8 Å². The van der Waals surface area contributed by atoms with Crippen molar-refractivity contribution >= 4 is 23.4 Å². The van der Waals surface area contributed by atoms with Crippen LogP contribution in [0.5, 0.6) is 11.5 Å². The first-order chi connectivity index (χ1) is 14.5. The fourth-order valence-electron chi connectivity index (χ4n) is 2.57. The van der Waals surface area contributed by atoms with Gasteiger partial charge in [-0.25, -0.2) is 0 Å². The zero-order valence-electron chi connectivity index (χ0n) is 16.4. The average molecular weight is 430 g/mol. The Morgan fingerprint density at radius 3 is 2.53 bits per heavy atom. The summed E-state index contributed by atoms with van der Waals surface area (Å²) in [7, 11) is 1.45. The minimum atomic E-state index is -0.629. The molecule has 0 spiro atoms. The second kappa shape index (κ2) is 9.80. The van der Waals surface area contributed by atoms with Gasteiger partial charge in [0, 0.05) is 17.2 Å². The number of benzene rings is 2. The number of carbonyl (C=O) groups is 2. The van der Waals surface area contributed by atoms with Crippen LogP contribution >= 0.6 is 11.6 Å². The van der Waals surface area contributed by atoms with Gasteiger partial charge >= 0.3 is 0 Å². The van der Waals surface area contributed by atoms with Gasteiger partial charge in [0.2, 0.25) is 0 Å². The minimum Gasteiger partial charge on any atom is -0.493 e. The lowest BCUT2D eigenvalue weighted by Crippen LogP contribution is -2.41. The molecule has 0 unspecified atom stereocenters. The van der Waals surface area contributed by atoms with Crippen molar-refractivity contribution in [2.45, 2.75) is 13.3 Å². The second-order valence-electron chi connectivity index (χ2n) is 6.19. The van der Waals surface area contributed by atoms with Crippen LogP contribution in [0, 0.1) is 0 Å². The van der Waals surface area contributed by atoms with Crippen molar-refractivity contribution in [3.8, 4) is 22.8 Å². The largest absolute Gasteiger partial charge is 0.493 e. The Balaban J connectivity index is 1.66. The van der Waals surface area contributed by atoms with Gasteiger partial charge < -0.3 is 14.0 Å². The van der Waals surface area contributed by atoms with Gasteiger partial charge in [-0.1, -0.05) is 54.0 Å². The molecule has 0 bridgehead atoms. The number of nitrogens with zero attached hydrogens (tertiary/aromatic N) is 1. The number of hydrazine groups is 1. The first-order valence-electron chi connectivity index (χ1n) is 9.16. The van der Waals surface area contributed by atoms with Gasteiger partial charge in [0.15, 0.2) is 23.0 Å². The topological polar surface area (TPSA) is 103 Å². The van der Waals surface area contributed by atoms with Gasteiger partial charge in [0.25, 0.3) is 11.8 Å². The van der Waals surface area contributed by atoms with Crippen molar-refractivity contribution in [3.05, 3.63) is 64.8 Å². The Morgan fingerprint density at radius 2 is 1.83 bits per heavy atom. The number of methoxy groups -OCH3 is 1. The lowest BCUT2D eigenvalue weighted by molar-refractivity contribution is 0.0841. The molecule has 30 heavy (non-hydrogen) atoms. The molecule has 1 aromatic heterocycles. The van der Waals surface area contributed by atoms with Gasteiger partial charge in [-0.15, -0.1) is 0 Å². The smallest absolute Gasteiger partial charge is 0.291 e. The van der Waals surface area contributed by atoms with Gasteiger partial charge in [0.05, 0.1) is 18.7 Å². The summed E-state index contributed by atoms with van der Waals surface area (Å²) in [6, 6.07) is 13.6. The molecular weight excluding hydrogens is 410 g/mol. The summed E-state index contributed by atoms with van der Waals surface area (Å²) < 4.78 is 16.0. The quantitative estimate of drug-likeness (QED) is 0.553. The van der Waals surface area contributed by atoms with Crippen molar-refractivity contribution in [2.75, 3.05) is 13.7 Å². The predicted molar refractivity (Wildman–Crippen MR) is 111 cm³/mol. The van der Waals surface area contributed by atoms with Crippen LogP contribution in [0.4, 0.5) is 0 Å². The zero-order valence-corrected chi connectivity index (χ0v) is 17.2. The summed E-state index contributed by atoms with van der Waals surface area (Å²) >= 11 is 6.22. The zero-order chi connectivity index (χ0) is 21.5. The van der Waals surface area contributed by atoms with Gasteiger partial charge in [-0.3, -0.25) is 20.4 Å². The third-order valence-corrected chi connectivity index (χ3v) is 4.31. The molecule has 3 rings (SSSR count). The van der Waals surface area contributed by atoms with E-state index in [-0.39, 0.29) is 16.3 Å². The van der Waals surface area contributed by atoms with Crippen LogP contribution in [0.2, 0.25) is 5.02 Å². The summed E-state index contributed by atoms with van der Waals surface area (Å²) in [6.45, 7) is 2.42. The third kappa shape index (κ3) is 4.90. The molecule has 1 heterocycles. The third-order valence-electron chi connectivity index (χ3n) is 4.03. The number of nitrogens with one attached hydrogen (secondary N) is 2. The molecule has 2 N–H and O–H groups in total. The number of rotatable bonds is 7. The molecule has 0 aliphatic rings. The number of halogens is 1. The van der Waals surface area contributed by atoms with Gasteiger partial charge in [-0.2, -0.15) is 0 Å². The van der Waals surface area contributed by atoms with Crippen LogP contribution in [0.1, 0.15) is 34.2 Å². The number of carbonyl (C=O) groups excluding carboxylic acids is 2. The lowest BCUT2D eigenvalue weighted by Gasteiger charge is -2.14. The highest BCUT2D eigenvalue weighted by molar-refractivity contribution is 6.32. The summed E-state index contributed by atoms with van der Waals surface area (Å²) in [5, 5.41) is 3.95. The second-order valence-corrected chi connectivity index (χ2v) is 6.60. The van der Waals surface area contributed by atoms with Gasteiger partial charge in [-0.05, 0) is 18.6 Å². The van der Waals surface area contributed by atoms with E-state index in [2.05, 4.69) is 16.0 Å². The standard InChI is InChI=1S/C21H20ClN3O5/c1-3-9-29-19-15(22)10-14(11-18(19)28-2)20(26)23-24-21(27)16-12-17(30-25-16)13-7-5-4-6-8-13/h4-8,10-12H,3,9H2,1-2H3,(H,23,26)(H,24,27). The number of hydrogen-bond acceptors (Lipinski definition) is 6. The molecule has 0 saturated carbocycles. The van der Waals surface area contributed by atoms with Crippen molar-refractivity contribution in [2.24, 2.45) is 0 Å². The normalized spacial score (nSPS) is 10.4. The first kappa shape index (κ1) is 21.2. The molecule has 0 aliphatic heterocycles. The molecule has 0 atom stereocenters. The Bertz CT molecular complexity index is 1040. The molecular formula is C21H20ClN3O5. The lowest BCUT2D eigenvalue weighted by atomic mass is 10.1. The van der Waals surface area contributed by atoms with Crippen LogP contribution in [0.25, 0.3) is 11.3 Å². The molecule has 0 radical (unpaired) electrons. The molecule has 0 fully saturated rings. The number of hydrogen-bond donors (Lipinski definition) is 2. The van der Waals surface area contributed by atoms with Crippen LogP contribution in [0.3, 0.4) is 0 Å². The summed E-state index contributed by atoms with van der Waals surface area (Å²) in [4.78, 5) is 24.7. The molecule has 2 amide bonds. The number of ether oxygens (including phenoxy) is 2. The molecule has 8 nitrogen and oxygen atoms in total. The maximum absolute atomic E-state index is 12.4. The highest BCUT2D eigenvalue weighted by Gasteiger charge is 2.18. The highest BCUT2D eigenvalue weighted by Crippen LogP contribution is 2.36. The number of aromatic nitrogens is 1. The van der Waals surface area contributed by atoms with E-state index in [9.17, 15) is 9.59 Å². The van der Waals surface area contributed by atoms with Crippen molar-refractivity contribution in [3.63, 3.8) is 0 Å². The predicted octanol–water partition coefficient (Wildman–Crippen LogP) is 3.87. The Hall–Kier alpha value is -3.52. The molecule has 2 aromatic carbocycles. The Morgan fingerprint density at radius 1 is 1.10 bits per heavy atom. The van der Waals surface area contributed by atoms with Crippen LogP contribution < -0.4 is 20.3 Å². The molecule has 3 aromatic rings. The van der Waals surface area contributed by atoms with E-state index in [4.69, 9.17) is 25.6 Å². The summed E-state index contributed by atoms with van der Waals surface area (Å²) in [6.07, 6.45) is 0.793. The fourth-order valence-corrected chi connectivity index (χ4v) is 2.83. The molecule has 0 saturated heterocycles. The van der Waals surface area contributed by atoms with Crippen molar-refractivity contribution in [1.82, 2.24) is 16.0 Å². The SMILES string of the molecule is CCCOc1c(Cl)cc(C(=O)NNC(=O)c2cc(-c3ccccc3)on2)cc1OC. The Labute approximate surface area is 178 Å². The Kier molecular flexibility index (Phi) is 6.92. The summed E-state index contributed by atoms with van der Waals surface area (Å²) in [5.74, 6) is -0.104. The van der Waals surface area contributed by atoms with Crippen molar-refractivity contribution < 1.29 is 23.6 Å². The van der Waals surface area contributed by atoms with E-state index in [1.807, 2.05) is 37.3 Å². The average Bonchev–Trinajstić information content (AvgIpc) is 3.27. The molecule has 9 heteroatoms. The maximum Gasteiger partial charge on any atom is 0.291 e. The van der Waals surface area contributed by atoms with Crippen molar-refractivity contribution in [1.29, 1.82) is 0 Å². The fraction of sp³-hybridized carbons (Fsp3) is 0.190. The maximum atomic E-state index is 12.4. The van der Waals surface area contributed by atoms with Crippen LogP contribution in [0.15, 0.2) is 53.1 Å². The van der Waals surface area contributed by atoms with E-state index in [0.717, 1.165) is 12.0 Å². The van der Waals surface area contributed by atoms with E-state index >= 15 is 0 Å². The number of amides is 2. The van der Waals surface area contributed by atoms with E-state index in [1.165, 1.54) is 25.3 Å². The first-order valence-corrected chi connectivity index (χ1v) is 9.54. The minimum absolute atomic E-state index is 0.0214. The van der Waals surface area contributed by atoms with E-state index in [0.29, 0.717) is 23.9 Å². The molecule has 156 valence electrons. The van der Waals surface area contributed by atoms with Crippen LogP contribution in [-0.2, 0) is 0 Å². The monoisotopic (exact) mass is 429 g/mol. The van der Waals surface area contributed by atoms with E-state index in [1.54, 1.807) is 0 Å². The van der Waals surface area contributed by atoms with Crippen LogP contribution in [-0.4, -0.2) is 30.7 Å². The highest BCUT2D eigenvalue weighted by atomic mass is 35.5. The van der Waals surface area contributed by atoms with Gasteiger partial charge in [0.1, 0.15) is 0 Å². The molecule has 0 aliphatic carbocycles.